The second kappa shape index (κ2) is 6.89. The summed E-state index contributed by atoms with van der Waals surface area (Å²) < 4.78 is 30.0. The van der Waals surface area contributed by atoms with E-state index in [1.165, 1.54) is 0 Å². The van der Waals surface area contributed by atoms with Gasteiger partial charge in [-0.25, -0.2) is 0 Å². The first-order valence-corrected chi connectivity index (χ1v) is 6.23. The fraction of sp³-hybridized carbons (Fsp3) is 0.333. The van der Waals surface area contributed by atoms with Gasteiger partial charge in [0.05, 0.1) is 5.75 Å². The van der Waals surface area contributed by atoms with Crippen LogP contribution in [0.1, 0.15) is 11.5 Å². The van der Waals surface area contributed by atoms with Crippen molar-refractivity contribution in [2.45, 2.75) is 5.92 Å². The van der Waals surface area contributed by atoms with Gasteiger partial charge in [-0.3, -0.25) is 4.55 Å². The molecule has 1 N–H and O–H groups in total. The van der Waals surface area contributed by atoms with E-state index in [1.807, 2.05) is 6.07 Å². The van der Waals surface area contributed by atoms with Gasteiger partial charge in [-0.1, -0.05) is 30.3 Å². The van der Waals surface area contributed by atoms with Crippen LogP contribution in [0, 0.1) is 0 Å². The summed E-state index contributed by atoms with van der Waals surface area (Å²) in [4.78, 5) is 0. The van der Waals surface area contributed by atoms with Gasteiger partial charge < -0.3 is 0 Å². The second-order valence-electron chi connectivity index (χ2n) is 3.01. The Kier molecular flexibility index (Phi) is 7.08. The van der Waals surface area contributed by atoms with Gasteiger partial charge in [0.1, 0.15) is 0 Å². The van der Waals surface area contributed by atoms with Crippen LogP contribution in [-0.2, 0) is 10.1 Å². The van der Waals surface area contributed by atoms with E-state index < -0.39 is 10.1 Å². The molecule has 1 aromatic rings. The van der Waals surface area contributed by atoms with Crippen LogP contribution in [0.5, 0.6) is 0 Å². The summed E-state index contributed by atoms with van der Waals surface area (Å²) in [7, 11) is -3.97. The predicted octanol–water partition coefficient (Wildman–Crippen LogP) is 1.25. The maximum atomic E-state index is 10.7. The molecule has 0 amide bonds. The molecule has 0 aliphatic heterocycles. The van der Waals surface area contributed by atoms with Crippen LogP contribution in [0.3, 0.4) is 0 Å². The number of benzene rings is 1. The van der Waals surface area contributed by atoms with Gasteiger partial charge >= 0.3 is 29.6 Å². The monoisotopic (exact) mass is 258 g/mol. The van der Waals surface area contributed by atoms with Crippen molar-refractivity contribution in [3.05, 3.63) is 35.9 Å². The molecule has 3 nitrogen and oxygen atoms in total. The molecular weight excluding hydrogens is 247 g/mol. The van der Waals surface area contributed by atoms with Crippen LogP contribution in [-0.4, -0.2) is 54.2 Å². The Bertz CT molecular complexity index is 380. The van der Waals surface area contributed by atoms with Crippen molar-refractivity contribution in [2.75, 3.05) is 11.6 Å². The van der Waals surface area contributed by atoms with Crippen molar-refractivity contribution in [3.8, 4) is 0 Å². The van der Waals surface area contributed by atoms with Gasteiger partial charge in [-0.05, 0) is 5.56 Å². The third-order valence-corrected chi connectivity index (χ3v) is 3.07. The molecule has 0 radical (unpaired) electrons. The molecule has 0 saturated carbocycles. The minimum absolute atomic E-state index is 0. The number of rotatable bonds is 4. The topological polar surface area (TPSA) is 54.4 Å². The summed E-state index contributed by atoms with van der Waals surface area (Å²) >= 11 is 5.63. The fourth-order valence-corrected chi connectivity index (χ4v) is 2.44. The Morgan fingerprint density at radius 1 is 1.27 bits per heavy atom. The molecule has 1 aromatic carbocycles. The minimum atomic E-state index is -3.97. The van der Waals surface area contributed by atoms with E-state index in [2.05, 4.69) is 0 Å². The zero-order chi connectivity index (χ0) is 10.6. The van der Waals surface area contributed by atoms with E-state index >= 15 is 0 Å². The van der Waals surface area contributed by atoms with Crippen LogP contribution < -0.4 is 0 Å². The first kappa shape index (κ1) is 15.4. The van der Waals surface area contributed by atoms with E-state index in [0.29, 0.717) is 0 Å². The summed E-state index contributed by atoms with van der Waals surface area (Å²) in [5.74, 6) is -0.516. The molecule has 0 aromatic heterocycles. The van der Waals surface area contributed by atoms with Gasteiger partial charge in [0.2, 0.25) is 0 Å². The van der Waals surface area contributed by atoms with Gasteiger partial charge in [0, 0.05) is 11.8 Å². The third kappa shape index (κ3) is 5.90. The third-order valence-electron chi connectivity index (χ3n) is 1.87. The van der Waals surface area contributed by atoms with Crippen molar-refractivity contribution < 1.29 is 13.0 Å². The summed E-state index contributed by atoms with van der Waals surface area (Å²) in [6.07, 6.45) is 0. The van der Waals surface area contributed by atoms with Crippen LogP contribution in [0.15, 0.2) is 30.3 Å². The van der Waals surface area contributed by atoms with Crippen LogP contribution >= 0.6 is 11.6 Å². The molecule has 1 rings (SSSR count). The van der Waals surface area contributed by atoms with E-state index in [-0.39, 0.29) is 47.1 Å². The van der Waals surface area contributed by atoms with Crippen molar-refractivity contribution in [1.29, 1.82) is 0 Å². The molecule has 0 spiro atoms. The van der Waals surface area contributed by atoms with Crippen molar-refractivity contribution >= 4 is 51.3 Å². The maximum absolute atomic E-state index is 10.7. The average molecular weight is 259 g/mol. The van der Waals surface area contributed by atoms with Crippen molar-refractivity contribution in [3.63, 3.8) is 0 Å². The molecule has 0 heterocycles. The standard InChI is InChI=1S/C9H11ClO3S.Na.H/c10-6-9(7-14(11,12)13)8-4-2-1-3-5-8;;/h1-5,9H,6-7H2,(H,11,12,13);;. The number of halogens is 1. The second-order valence-corrected chi connectivity index (χ2v) is 4.82. The fourth-order valence-electron chi connectivity index (χ4n) is 1.21. The van der Waals surface area contributed by atoms with Gasteiger partial charge in [-0.2, -0.15) is 8.42 Å². The van der Waals surface area contributed by atoms with Crippen LogP contribution in [0.4, 0.5) is 0 Å². The Morgan fingerprint density at radius 3 is 2.20 bits per heavy atom. The van der Waals surface area contributed by atoms with Gasteiger partial charge in [0.15, 0.2) is 0 Å². The molecule has 0 aliphatic carbocycles. The van der Waals surface area contributed by atoms with Crippen LogP contribution in [0.25, 0.3) is 0 Å². The molecule has 1 atom stereocenters. The SMILES string of the molecule is O=S(=O)(O)CC(CCl)c1ccccc1.[NaH]. The zero-order valence-electron chi connectivity index (χ0n) is 7.43. The molecule has 1 unspecified atom stereocenters. The van der Waals surface area contributed by atoms with E-state index in [9.17, 15) is 8.42 Å². The number of alkyl halides is 1. The van der Waals surface area contributed by atoms with E-state index in [0.717, 1.165) is 5.56 Å². The first-order valence-electron chi connectivity index (χ1n) is 4.09. The summed E-state index contributed by atoms with van der Waals surface area (Å²) in [5.41, 5.74) is 0.820. The Morgan fingerprint density at radius 2 is 1.80 bits per heavy atom. The Balaban J connectivity index is 0.00000196. The summed E-state index contributed by atoms with van der Waals surface area (Å²) in [6, 6.07) is 9.02. The molecule has 0 bridgehead atoms. The number of hydrogen-bond acceptors (Lipinski definition) is 2. The molecule has 0 fully saturated rings. The zero-order valence-corrected chi connectivity index (χ0v) is 9.00. The molecule has 0 aliphatic rings. The van der Waals surface area contributed by atoms with Crippen LogP contribution in [0.2, 0.25) is 0 Å². The molecular formula is C9H12ClNaO3S. The molecule has 15 heavy (non-hydrogen) atoms. The first-order chi connectivity index (χ1) is 6.53. The van der Waals surface area contributed by atoms with E-state index in [1.54, 1.807) is 24.3 Å². The normalized spacial score (nSPS) is 12.9. The predicted molar refractivity (Wildman–Crippen MR) is 63.5 cm³/mol. The Hall–Kier alpha value is 0.420. The van der Waals surface area contributed by atoms with E-state index in [4.69, 9.17) is 16.2 Å². The molecule has 6 heteroatoms. The van der Waals surface area contributed by atoms with Gasteiger partial charge in [0.25, 0.3) is 10.1 Å². The van der Waals surface area contributed by atoms with Crippen molar-refractivity contribution in [2.24, 2.45) is 0 Å². The quantitative estimate of drug-likeness (QED) is 0.502. The Labute approximate surface area is 117 Å². The summed E-state index contributed by atoms with van der Waals surface area (Å²) in [5, 5.41) is 0. The molecule has 0 saturated heterocycles. The summed E-state index contributed by atoms with van der Waals surface area (Å²) in [6.45, 7) is 0. The van der Waals surface area contributed by atoms with Crippen molar-refractivity contribution in [1.82, 2.24) is 0 Å². The average Bonchev–Trinajstić information content (AvgIpc) is 2.14. The molecule has 80 valence electrons. The number of hydrogen-bond donors (Lipinski definition) is 1. The van der Waals surface area contributed by atoms with Gasteiger partial charge in [-0.15, -0.1) is 11.6 Å².